The van der Waals surface area contributed by atoms with Gasteiger partial charge in [0, 0.05) is 31.9 Å². The number of H-pyrrole nitrogens is 1. The summed E-state index contributed by atoms with van der Waals surface area (Å²) in [6.45, 7) is 6.46. The second-order valence-electron chi connectivity index (χ2n) is 6.89. The molecular weight excluding hydrogens is 280 g/mol. The number of likely N-dealkylation sites (tertiary alicyclic amines) is 1. The molecule has 0 radical (unpaired) electrons. The lowest BCUT2D eigenvalue weighted by Gasteiger charge is -2.47. The number of fused-ring (bicyclic) bond motifs is 1. The van der Waals surface area contributed by atoms with Crippen LogP contribution in [0.3, 0.4) is 0 Å². The van der Waals surface area contributed by atoms with Gasteiger partial charge in [-0.3, -0.25) is 14.8 Å². The number of nitrogens with zero attached hydrogens (tertiary/aromatic N) is 3. The first kappa shape index (κ1) is 14.2. The maximum Gasteiger partial charge on any atom is 0.274 e. The number of ether oxygens (including phenoxy) is 1. The number of piperidine rings is 1. The first-order valence-corrected chi connectivity index (χ1v) is 8.37. The molecular formula is C16H24N4O2. The van der Waals surface area contributed by atoms with Crippen LogP contribution in [-0.4, -0.2) is 70.8 Å². The maximum atomic E-state index is 12.6. The second kappa shape index (κ2) is 5.66. The van der Waals surface area contributed by atoms with Crippen LogP contribution < -0.4 is 0 Å². The lowest BCUT2D eigenvalue weighted by Crippen LogP contribution is -2.61. The molecule has 1 saturated carbocycles. The van der Waals surface area contributed by atoms with Gasteiger partial charge in [-0.2, -0.15) is 5.10 Å². The van der Waals surface area contributed by atoms with Gasteiger partial charge >= 0.3 is 0 Å². The SMILES string of the molecule is Cc1cc(C(=O)N2CC[C@@H]3OCCN(CC4CC4)[C@H]3C2)n[nH]1. The molecule has 1 N–H and O–H groups in total. The lowest BCUT2D eigenvalue weighted by molar-refractivity contribution is -0.0989. The highest BCUT2D eigenvalue weighted by atomic mass is 16.5. The number of nitrogens with one attached hydrogen (secondary N) is 1. The molecule has 0 aromatic carbocycles. The van der Waals surface area contributed by atoms with E-state index in [0.29, 0.717) is 11.7 Å². The minimum atomic E-state index is 0.0414. The number of aromatic nitrogens is 2. The van der Waals surface area contributed by atoms with Crippen LogP contribution in [0.15, 0.2) is 6.07 Å². The van der Waals surface area contributed by atoms with Gasteiger partial charge in [0.05, 0.1) is 18.8 Å². The van der Waals surface area contributed by atoms with Crippen molar-refractivity contribution in [2.24, 2.45) is 5.92 Å². The van der Waals surface area contributed by atoms with Crippen molar-refractivity contribution in [3.05, 3.63) is 17.5 Å². The Morgan fingerprint density at radius 2 is 2.27 bits per heavy atom. The summed E-state index contributed by atoms with van der Waals surface area (Å²) in [6, 6.07) is 2.18. The number of morpholine rings is 1. The number of amides is 1. The summed E-state index contributed by atoms with van der Waals surface area (Å²) in [5.74, 6) is 0.915. The molecule has 22 heavy (non-hydrogen) atoms. The van der Waals surface area contributed by atoms with E-state index in [1.807, 2.05) is 17.9 Å². The van der Waals surface area contributed by atoms with Gasteiger partial charge in [-0.15, -0.1) is 0 Å². The number of rotatable bonds is 3. The Morgan fingerprint density at radius 3 is 3.00 bits per heavy atom. The molecule has 6 nitrogen and oxygen atoms in total. The van der Waals surface area contributed by atoms with E-state index in [1.54, 1.807) is 0 Å². The molecule has 2 aliphatic heterocycles. The molecule has 120 valence electrons. The van der Waals surface area contributed by atoms with Crippen molar-refractivity contribution in [3.63, 3.8) is 0 Å². The third kappa shape index (κ3) is 2.77. The van der Waals surface area contributed by atoms with E-state index < -0.39 is 0 Å². The molecule has 0 unspecified atom stereocenters. The molecule has 1 aromatic rings. The molecule has 0 bridgehead atoms. The fourth-order valence-corrected chi connectivity index (χ4v) is 3.68. The van der Waals surface area contributed by atoms with Crippen molar-refractivity contribution in [3.8, 4) is 0 Å². The number of aromatic amines is 1. The Kier molecular flexibility index (Phi) is 3.66. The Balaban J connectivity index is 1.46. The number of hydrogen-bond acceptors (Lipinski definition) is 4. The van der Waals surface area contributed by atoms with Crippen LogP contribution in [0.5, 0.6) is 0 Å². The van der Waals surface area contributed by atoms with Gasteiger partial charge in [0.2, 0.25) is 0 Å². The molecule has 2 saturated heterocycles. The van der Waals surface area contributed by atoms with Gasteiger partial charge in [-0.05, 0) is 38.2 Å². The third-order valence-electron chi connectivity index (χ3n) is 5.10. The molecule has 2 atom stereocenters. The molecule has 4 rings (SSSR count). The molecule has 6 heteroatoms. The Labute approximate surface area is 130 Å². The first-order chi connectivity index (χ1) is 10.7. The van der Waals surface area contributed by atoms with Crippen molar-refractivity contribution in [2.45, 2.75) is 38.3 Å². The number of aryl methyl sites for hydroxylation is 1. The van der Waals surface area contributed by atoms with E-state index in [4.69, 9.17) is 4.74 Å². The average molecular weight is 304 g/mol. The van der Waals surface area contributed by atoms with Crippen molar-refractivity contribution >= 4 is 5.91 Å². The van der Waals surface area contributed by atoms with Gasteiger partial charge in [0.15, 0.2) is 0 Å². The summed E-state index contributed by atoms with van der Waals surface area (Å²) in [5.41, 5.74) is 1.45. The van der Waals surface area contributed by atoms with Gasteiger partial charge in [-0.1, -0.05) is 0 Å². The summed E-state index contributed by atoms with van der Waals surface area (Å²) in [6.07, 6.45) is 3.95. The zero-order chi connectivity index (χ0) is 15.1. The van der Waals surface area contributed by atoms with Crippen molar-refractivity contribution in [1.82, 2.24) is 20.0 Å². The van der Waals surface area contributed by atoms with Crippen LogP contribution in [-0.2, 0) is 4.74 Å². The highest BCUT2D eigenvalue weighted by Gasteiger charge is 2.40. The van der Waals surface area contributed by atoms with E-state index in [1.165, 1.54) is 19.4 Å². The molecule has 3 fully saturated rings. The normalized spacial score (nSPS) is 29.4. The zero-order valence-electron chi connectivity index (χ0n) is 13.1. The second-order valence-corrected chi connectivity index (χ2v) is 6.89. The fraction of sp³-hybridized carbons (Fsp3) is 0.750. The van der Waals surface area contributed by atoms with Crippen LogP contribution in [0.4, 0.5) is 0 Å². The monoisotopic (exact) mass is 304 g/mol. The summed E-state index contributed by atoms with van der Waals surface area (Å²) in [4.78, 5) is 17.1. The van der Waals surface area contributed by atoms with E-state index in [2.05, 4.69) is 15.1 Å². The van der Waals surface area contributed by atoms with E-state index in [0.717, 1.165) is 44.3 Å². The lowest BCUT2D eigenvalue weighted by atomic mass is 9.98. The standard InChI is InChI=1S/C16H24N4O2/c1-11-8-13(18-17-11)16(21)20-5-4-15-14(10-20)19(6-7-22-15)9-12-2-3-12/h8,12,14-15H,2-7,9-10H2,1H3,(H,17,18)/t14-,15-/m0/s1. The van der Waals surface area contributed by atoms with Gasteiger partial charge in [0.1, 0.15) is 5.69 Å². The summed E-state index contributed by atoms with van der Waals surface area (Å²) >= 11 is 0. The minimum absolute atomic E-state index is 0.0414. The number of carbonyl (C=O) groups excluding carboxylic acids is 1. The molecule has 3 aliphatic rings. The quantitative estimate of drug-likeness (QED) is 0.906. The Morgan fingerprint density at radius 1 is 1.41 bits per heavy atom. The van der Waals surface area contributed by atoms with Crippen LogP contribution in [0.25, 0.3) is 0 Å². The maximum absolute atomic E-state index is 12.6. The third-order valence-corrected chi connectivity index (χ3v) is 5.10. The highest BCUT2D eigenvalue weighted by Crippen LogP contribution is 2.33. The van der Waals surface area contributed by atoms with Crippen LogP contribution in [0.1, 0.15) is 35.4 Å². The van der Waals surface area contributed by atoms with Crippen LogP contribution in [0, 0.1) is 12.8 Å². The summed E-state index contributed by atoms with van der Waals surface area (Å²) in [5, 5.41) is 6.97. The van der Waals surface area contributed by atoms with Crippen LogP contribution >= 0.6 is 0 Å². The Bertz CT molecular complexity index is 554. The van der Waals surface area contributed by atoms with E-state index >= 15 is 0 Å². The predicted octanol–water partition coefficient (Wildman–Crippen LogP) is 1.04. The van der Waals surface area contributed by atoms with Crippen LogP contribution in [0.2, 0.25) is 0 Å². The summed E-state index contributed by atoms with van der Waals surface area (Å²) < 4.78 is 5.95. The average Bonchev–Trinajstić information content (AvgIpc) is 3.25. The predicted molar refractivity (Wildman–Crippen MR) is 81.7 cm³/mol. The van der Waals surface area contributed by atoms with Crippen molar-refractivity contribution in [2.75, 3.05) is 32.8 Å². The fourth-order valence-electron chi connectivity index (χ4n) is 3.68. The van der Waals surface area contributed by atoms with Crippen molar-refractivity contribution < 1.29 is 9.53 Å². The summed E-state index contributed by atoms with van der Waals surface area (Å²) in [7, 11) is 0. The topological polar surface area (TPSA) is 61.5 Å². The molecule has 1 aromatic heterocycles. The van der Waals surface area contributed by atoms with Gasteiger partial charge in [-0.25, -0.2) is 0 Å². The highest BCUT2D eigenvalue weighted by molar-refractivity contribution is 5.92. The minimum Gasteiger partial charge on any atom is -0.375 e. The molecule has 0 spiro atoms. The van der Waals surface area contributed by atoms with Gasteiger partial charge < -0.3 is 9.64 Å². The van der Waals surface area contributed by atoms with E-state index in [-0.39, 0.29) is 12.0 Å². The number of carbonyl (C=O) groups is 1. The largest absolute Gasteiger partial charge is 0.375 e. The molecule has 1 aliphatic carbocycles. The molecule has 3 heterocycles. The zero-order valence-corrected chi connectivity index (χ0v) is 13.1. The smallest absolute Gasteiger partial charge is 0.274 e. The van der Waals surface area contributed by atoms with E-state index in [9.17, 15) is 4.79 Å². The number of hydrogen-bond donors (Lipinski definition) is 1. The first-order valence-electron chi connectivity index (χ1n) is 8.37. The van der Waals surface area contributed by atoms with Crippen molar-refractivity contribution in [1.29, 1.82) is 0 Å². The van der Waals surface area contributed by atoms with Gasteiger partial charge in [0.25, 0.3) is 5.91 Å². The molecule has 1 amide bonds. The Hall–Kier alpha value is -1.40.